The highest BCUT2D eigenvalue weighted by Crippen LogP contribution is 2.24. The van der Waals surface area contributed by atoms with Crippen LogP contribution in [0.25, 0.3) is 0 Å². The number of aromatic nitrogens is 2. The fraction of sp³-hybridized carbons (Fsp3) is 0.769. The molecule has 0 spiro atoms. The molecule has 1 N–H and O–H groups in total. The maximum atomic E-state index is 4.45. The van der Waals surface area contributed by atoms with E-state index in [4.69, 9.17) is 0 Å². The van der Waals surface area contributed by atoms with E-state index in [-0.39, 0.29) is 0 Å². The van der Waals surface area contributed by atoms with Gasteiger partial charge in [-0.05, 0) is 54.7 Å². The van der Waals surface area contributed by atoms with E-state index in [0.29, 0.717) is 5.92 Å². The Kier molecular flexibility index (Phi) is 6.20. The normalized spacial score (nSPS) is 13.0. The molecule has 1 aromatic rings. The minimum absolute atomic E-state index is 0.700. The van der Waals surface area contributed by atoms with Gasteiger partial charge in [-0.2, -0.15) is 5.10 Å². The highest BCUT2D eigenvalue weighted by atomic mass is 79.9. The molecule has 0 saturated carbocycles. The van der Waals surface area contributed by atoms with Gasteiger partial charge in [0.1, 0.15) is 0 Å². The van der Waals surface area contributed by atoms with Gasteiger partial charge in [0.2, 0.25) is 0 Å². The van der Waals surface area contributed by atoms with Crippen LogP contribution in [0.5, 0.6) is 0 Å². The van der Waals surface area contributed by atoms with Crippen molar-refractivity contribution in [1.29, 1.82) is 0 Å². The molecule has 0 aliphatic carbocycles. The van der Waals surface area contributed by atoms with Crippen molar-refractivity contribution in [2.75, 3.05) is 13.1 Å². The van der Waals surface area contributed by atoms with Gasteiger partial charge in [0, 0.05) is 7.05 Å². The van der Waals surface area contributed by atoms with E-state index in [9.17, 15) is 0 Å². The second-order valence-electron chi connectivity index (χ2n) is 4.64. The van der Waals surface area contributed by atoms with Crippen molar-refractivity contribution >= 4 is 15.9 Å². The molecule has 0 aromatic carbocycles. The number of hydrogen-bond donors (Lipinski definition) is 1. The summed E-state index contributed by atoms with van der Waals surface area (Å²) < 4.78 is 3.19. The van der Waals surface area contributed by atoms with E-state index in [1.54, 1.807) is 0 Å². The van der Waals surface area contributed by atoms with Crippen LogP contribution in [0, 0.1) is 12.8 Å². The predicted molar refractivity (Wildman–Crippen MR) is 76.3 cm³/mol. The topological polar surface area (TPSA) is 29.9 Å². The molecular formula is C13H24BrN3. The molecule has 0 radical (unpaired) electrons. The minimum atomic E-state index is 0.700. The van der Waals surface area contributed by atoms with Crippen molar-refractivity contribution in [2.24, 2.45) is 13.0 Å². The number of aryl methyl sites for hydroxylation is 2. The van der Waals surface area contributed by atoms with Crippen molar-refractivity contribution in [1.82, 2.24) is 15.1 Å². The van der Waals surface area contributed by atoms with Gasteiger partial charge < -0.3 is 5.32 Å². The first-order chi connectivity index (χ1) is 8.10. The maximum absolute atomic E-state index is 4.45. The average Bonchev–Trinajstić information content (AvgIpc) is 2.53. The average molecular weight is 302 g/mol. The molecule has 0 saturated heterocycles. The SMILES string of the molecule is CCCC(CNCC)Cc1c(Br)c(C)nn1C. The maximum Gasteiger partial charge on any atom is 0.0738 e. The highest BCUT2D eigenvalue weighted by molar-refractivity contribution is 9.10. The minimum Gasteiger partial charge on any atom is -0.317 e. The molecule has 0 fully saturated rings. The van der Waals surface area contributed by atoms with E-state index in [1.807, 2.05) is 18.7 Å². The zero-order valence-electron chi connectivity index (χ0n) is 11.4. The lowest BCUT2D eigenvalue weighted by Crippen LogP contribution is -2.24. The van der Waals surface area contributed by atoms with Crippen LogP contribution < -0.4 is 5.32 Å². The first kappa shape index (κ1) is 14.7. The summed E-state index contributed by atoms with van der Waals surface area (Å²) >= 11 is 3.65. The van der Waals surface area contributed by atoms with Crippen molar-refractivity contribution in [3.8, 4) is 0 Å². The van der Waals surface area contributed by atoms with Crippen LogP contribution in [0.2, 0.25) is 0 Å². The van der Waals surface area contributed by atoms with Gasteiger partial charge in [-0.25, -0.2) is 0 Å². The third-order valence-corrected chi connectivity index (χ3v) is 4.16. The summed E-state index contributed by atoms with van der Waals surface area (Å²) in [5, 5.41) is 7.91. The number of hydrogen-bond acceptors (Lipinski definition) is 2. The van der Waals surface area contributed by atoms with Gasteiger partial charge in [-0.15, -0.1) is 0 Å². The molecule has 3 nitrogen and oxygen atoms in total. The van der Waals surface area contributed by atoms with Crippen LogP contribution in [0.1, 0.15) is 38.1 Å². The Hall–Kier alpha value is -0.350. The summed E-state index contributed by atoms with van der Waals surface area (Å²) in [5.74, 6) is 0.700. The first-order valence-corrected chi connectivity index (χ1v) is 7.28. The highest BCUT2D eigenvalue weighted by Gasteiger charge is 2.15. The van der Waals surface area contributed by atoms with Crippen LogP contribution in [0.3, 0.4) is 0 Å². The van der Waals surface area contributed by atoms with Gasteiger partial charge in [-0.3, -0.25) is 4.68 Å². The Morgan fingerprint density at radius 1 is 1.41 bits per heavy atom. The molecule has 1 heterocycles. The largest absolute Gasteiger partial charge is 0.317 e. The second kappa shape index (κ2) is 7.17. The van der Waals surface area contributed by atoms with Crippen LogP contribution in [-0.4, -0.2) is 22.9 Å². The summed E-state index contributed by atoms with van der Waals surface area (Å²) in [6, 6.07) is 0. The van der Waals surface area contributed by atoms with Crippen molar-refractivity contribution < 1.29 is 0 Å². The molecule has 0 aliphatic rings. The van der Waals surface area contributed by atoms with Crippen molar-refractivity contribution in [3.05, 3.63) is 15.9 Å². The molecule has 0 aliphatic heterocycles. The zero-order chi connectivity index (χ0) is 12.8. The van der Waals surface area contributed by atoms with E-state index < -0.39 is 0 Å². The number of rotatable bonds is 7. The van der Waals surface area contributed by atoms with Crippen LogP contribution >= 0.6 is 15.9 Å². The number of nitrogens with zero attached hydrogens (tertiary/aromatic N) is 2. The van der Waals surface area contributed by atoms with Crippen LogP contribution in [0.15, 0.2) is 4.47 Å². The summed E-state index contributed by atoms with van der Waals surface area (Å²) in [6.07, 6.45) is 3.60. The van der Waals surface area contributed by atoms with Crippen molar-refractivity contribution in [2.45, 2.75) is 40.0 Å². The summed E-state index contributed by atoms with van der Waals surface area (Å²) in [4.78, 5) is 0. The fourth-order valence-electron chi connectivity index (χ4n) is 2.21. The molecular weight excluding hydrogens is 278 g/mol. The second-order valence-corrected chi connectivity index (χ2v) is 5.43. The smallest absolute Gasteiger partial charge is 0.0738 e. The molecule has 1 rings (SSSR count). The van der Waals surface area contributed by atoms with E-state index in [1.165, 1.54) is 23.0 Å². The van der Waals surface area contributed by atoms with Gasteiger partial charge in [0.15, 0.2) is 0 Å². The summed E-state index contributed by atoms with van der Waals surface area (Å²) in [6.45, 7) is 8.61. The summed E-state index contributed by atoms with van der Waals surface area (Å²) in [7, 11) is 2.03. The van der Waals surface area contributed by atoms with Gasteiger partial charge in [0.05, 0.1) is 15.9 Å². The Balaban J connectivity index is 2.70. The Morgan fingerprint density at radius 2 is 2.12 bits per heavy atom. The molecule has 1 atom stereocenters. The van der Waals surface area contributed by atoms with Gasteiger partial charge in [-0.1, -0.05) is 20.3 Å². The lowest BCUT2D eigenvalue weighted by molar-refractivity contribution is 0.433. The Morgan fingerprint density at radius 3 is 2.59 bits per heavy atom. The van der Waals surface area contributed by atoms with E-state index in [0.717, 1.165) is 25.2 Å². The quantitative estimate of drug-likeness (QED) is 0.839. The van der Waals surface area contributed by atoms with E-state index in [2.05, 4.69) is 40.2 Å². The molecule has 1 aromatic heterocycles. The Labute approximate surface area is 113 Å². The molecule has 98 valence electrons. The lowest BCUT2D eigenvalue weighted by atomic mass is 9.97. The predicted octanol–water partition coefficient (Wildman–Crippen LogP) is 3.06. The molecule has 0 bridgehead atoms. The first-order valence-electron chi connectivity index (χ1n) is 6.48. The molecule has 4 heteroatoms. The standard InChI is InChI=1S/C13H24BrN3/c1-5-7-11(9-15-6-2)8-12-13(14)10(3)16-17(12)4/h11,15H,5-9H2,1-4H3. The third-order valence-electron chi connectivity index (χ3n) is 3.12. The number of nitrogens with one attached hydrogen (secondary N) is 1. The van der Waals surface area contributed by atoms with Gasteiger partial charge in [0.25, 0.3) is 0 Å². The number of halogens is 1. The fourth-order valence-corrected chi connectivity index (χ4v) is 2.71. The Bertz CT molecular complexity index is 347. The molecule has 0 amide bonds. The monoisotopic (exact) mass is 301 g/mol. The molecule has 1 unspecified atom stereocenters. The summed E-state index contributed by atoms with van der Waals surface area (Å²) in [5.41, 5.74) is 2.40. The lowest BCUT2D eigenvalue weighted by Gasteiger charge is -2.16. The zero-order valence-corrected chi connectivity index (χ0v) is 13.0. The third kappa shape index (κ3) is 4.11. The van der Waals surface area contributed by atoms with Crippen LogP contribution in [-0.2, 0) is 13.5 Å². The van der Waals surface area contributed by atoms with E-state index >= 15 is 0 Å². The van der Waals surface area contributed by atoms with Gasteiger partial charge >= 0.3 is 0 Å². The van der Waals surface area contributed by atoms with Crippen molar-refractivity contribution in [3.63, 3.8) is 0 Å². The van der Waals surface area contributed by atoms with Crippen LogP contribution in [0.4, 0.5) is 0 Å². The molecule has 17 heavy (non-hydrogen) atoms.